The minimum absolute atomic E-state index is 0.121. The van der Waals surface area contributed by atoms with Gasteiger partial charge in [-0.15, -0.1) is 0 Å². The van der Waals surface area contributed by atoms with E-state index in [4.69, 9.17) is 5.11 Å². The number of H-pyrrole nitrogens is 1. The fourth-order valence-electron chi connectivity index (χ4n) is 1.55. The summed E-state index contributed by atoms with van der Waals surface area (Å²) >= 11 is 0. The molecule has 1 atom stereocenters. The Hall–Kier alpha value is -2.18. The Morgan fingerprint density at radius 1 is 1.56 bits per heavy atom. The number of carbonyl (C=O) groups is 2. The third-order valence-corrected chi connectivity index (χ3v) is 2.36. The van der Waals surface area contributed by atoms with Crippen LogP contribution in [-0.4, -0.2) is 33.0 Å². The minimum atomic E-state index is -0.992. The second kappa shape index (κ2) is 6.53. The van der Waals surface area contributed by atoms with E-state index in [9.17, 15) is 14.4 Å². The number of carboxylic acid groups (broad SMARTS) is 1. The first-order valence-electron chi connectivity index (χ1n) is 5.60. The molecule has 0 unspecified atom stereocenters. The van der Waals surface area contributed by atoms with Crippen LogP contribution in [0.1, 0.15) is 36.5 Å². The lowest BCUT2D eigenvalue weighted by Crippen LogP contribution is -2.38. The highest BCUT2D eigenvalue weighted by atomic mass is 16.4. The van der Waals surface area contributed by atoms with Crippen molar-refractivity contribution in [1.29, 1.82) is 0 Å². The van der Waals surface area contributed by atoms with Crippen molar-refractivity contribution < 1.29 is 14.7 Å². The predicted octanol–water partition coefficient (Wildman–Crippen LogP) is 0.143. The smallest absolute Gasteiger partial charge is 0.305 e. The number of rotatable bonds is 6. The Morgan fingerprint density at radius 3 is 2.83 bits per heavy atom. The number of aliphatic carboxylic acids is 1. The normalized spacial score (nSPS) is 11.8. The van der Waals surface area contributed by atoms with Gasteiger partial charge in [0.1, 0.15) is 5.56 Å². The van der Waals surface area contributed by atoms with Crippen LogP contribution in [0.4, 0.5) is 0 Å². The van der Waals surface area contributed by atoms with Crippen molar-refractivity contribution in [3.8, 4) is 0 Å². The Labute approximate surface area is 103 Å². The largest absolute Gasteiger partial charge is 0.481 e. The standard InChI is InChI=1S/C11H15N3O4/c1-2-3-7(4-9(15)16)14-11(18)8-5-12-6-13-10(8)17/h5-7H,2-4H2,1H3,(H,14,18)(H,15,16)(H,12,13,17)/t7-/m0/s1. The van der Waals surface area contributed by atoms with Gasteiger partial charge in [-0.1, -0.05) is 13.3 Å². The van der Waals surface area contributed by atoms with Gasteiger partial charge in [0.25, 0.3) is 11.5 Å². The molecule has 7 nitrogen and oxygen atoms in total. The van der Waals surface area contributed by atoms with Gasteiger partial charge in [-0.25, -0.2) is 4.98 Å². The summed E-state index contributed by atoms with van der Waals surface area (Å²) in [5, 5.41) is 11.2. The van der Waals surface area contributed by atoms with E-state index in [1.807, 2.05) is 6.92 Å². The third-order valence-electron chi connectivity index (χ3n) is 2.36. The van der Waals surface area contributed by atoms with Crippen molar-refractivity contribution in [3.05, 3.63) is 28.4 Å². The van der Waals surface area contributed by atoms with Gasteiger partial charge in [0.15, 0.2) is 0 Å². The van der Waals surface area contributed by atoms with Crippen LogP contribution in [0.25, 0.3) is 0 Å². The highest BCUT2D eigenvalue weighted by Crippen LogP contribution is 2.03. The average molecular weight is 253 g/mol. The SMILES string of the molecule is CCC[C@@H](CC(=O)O)NC(=O)c1cnc[nH]c1=O. The number of carboxylic acids is 1. The first kappa shape index (κ1) is 13.9. The Morgan fingerprint density at radius 2 is 2.28 bits per heavy atom. The number of nitrogens with one attached hydrogen (secondary N) is 2. The van der Waals surface area contributed by atoms with Crippen LogP contribution in [0.3, 0.4) is 0 Å². The number of hydrogen-bond donors (Lipinski definition) is 3. The van der Waals surface area contributed by atoms with E-state index in [1.165, 1.54) is 6.33 Å². The second-order valence-electron chi connectivity index (χ2n) is 3.85. The Balaban J connectivity index is 2.75. The van der Waals surface area contributed by atoms with E-state index >= 15 is 0 Å². The molecule has 7 heteroatoms. The molecular weight excluding hydrogens is 238 g/mol. The van der Waals surface area contributed by atoms with Crippen LogP contribution < -0.4 is 10.9 Å². The molecule has 0 aliphatic carbocycles. The summed E-state index contributed by atoms with van der Waals surface area (Å²) in [5.74, 6) is -1.60. The molecule has 0 bridgehead atoms. The lowest BCUT2D eigenvalue weighted by Gasteiger charge is -2.15. The van der Waals surface area contributed by atoms with Gasteiger partial charge in [-0.3, -0.25) is 14.4 Å². The van der Waals surface area contributed by atoms with Crippen molar-refractivity contribution in [1.82, 2.24) is 15.3 Å². The monoisotopic (exact) mass is 253 g/mol. The number of amides is 1. The highest BCUT2D eigenvalue weighted by molar-refractivity contribution is 5.93. The van der Waals surface area contributed by atoms with Crippen molar-refractivity contribution in [2.24, 2.45) is 0 Å². The molecule has 0 aliphatic rings. The fraction of sp³-hybridized carbons (Fsp3) is 0.455. The van der Waals surface area contributed by atoms with Crippen LogP contribution in [0, 0.1) is 0 Å². The van der Waals surface area contributed by atoms with Crippen LogP contribution in [0.5, 0.6) is 0 Å². The first-order chi connectivity index (χ1) is 8.54. The van der Waals surface area contributed by atoms with Crippen molar-refractivity contribution in [2.75, 3.05) is 0 Å². The summed E-state index contributed by atoms with van der Waals surface area (Å²) in [7, 11) is 0. The average Bonchev–Trinajstić information content (AvgIpc) is 2.28. The molecule has 0 radical (unpaired) electrons. The van der Waals surface area contributed by atoms with Gasteiger partial charge in [0.05, 0.1) is 12.7 Å². The molecule has 1 rings (SSSR count). The molecule has 0 spiro atoms. The molecule has 0 saturated carbocycles. The minimum Gasteiger partial charge on any atom is -0.481 e. The Bertz CT molecular complexity index is 483. The maximum absolute atomic E-state index is 11.8. The van der Waals surface area contributed by atoms with Gasteiger partial charge in [0.2, 0.25) is 0 Å². The molecule has 1 aromatic rings. The predicted molar refractivity (Wildman–Crippen MR) is 63.3 cm³/mol. The zero-order valence-electron chi connectivity index (χ0n) is 9.97. The zero-order valence-corrected chi connectivity index (χ0v) is 9.97. The molecular formula is C11H15N3O4. The Kier molecular flexibility index (Phi) is 5.04. The topological polar surface area (TPSA) is 112 Å². The molecule has 18 heavy (non-hydrogen) atoms. The fourth-order valence-corrected chi connectivity index (χ4v) is 1.55. The molecule has 1 heterocycles. The highest BCUT2D eigenvalue weighted by Gasteiger charge is 2.18. The van der Waals surface area contributed by atoms with Gasteiger partial charge in [0, 0.05) is 12.2 Å². The first-order valence-corrected chi connectivity index (χ1v) is 5.60. The second-order valence-corrected chi connectivity index (χ2v) is 3.85. The molecule has 0 fully saturated rings. The van der Waals surface area contributed by atoms with E-state index in [0.717, 1.165) is 12.6 Å². The number of carbonyl (C=O) groups excluding carboxylic acids is 1. The zero-order chi connectivity index (χ0) is 13.5. The maximum atomic E-state index is 11.8. The third kappa shape index (κ3) is 4.00. The summed E-state index contributed by atoms with van der Waals surface area (Å²) in [6.45, 7) is 1.89. The van der Waals surface area contributed by atoms with Gasteiger partial charge < -0.3 is 15.4 Å². The lowest BCUT2D eigenvalue weighted by molar-refractivity contribution is -0.137. The summed E-state index contributed by atoms with van der Waals surface area (Å²) in [6.07, 6.45) is 3.44. The molecule has 1 amide bonds. The summed E-state index contributed by atoms with van der Waals surface area (Å²) < 4.78 is 0. The molecule has 0 aliphatic heterocycles. The van der Waals surface area contributed by atoms with Crippen molar-refractivity contribution >= 4 is 11.9 Å². The maximum Gasteiger partial charge on any atom is 0.305 e. The van der Waals surface area contributed by atoms with Gasteiger partial charge in [-0.05, 0) is 6.42 Å². The molecule has 0 saturated heterocycles. The van der Waals surface area contributed by atoms with Crippen LogP contribution in [-0.2, 0) is 4.79 Å². The van der Waals surface area contributed by atoms with Crippen molar-refractivity contribution in [3.63, 3.8) is 0 Å². The molecule has 98 valence electrons. The summed E-state index contributed by atoms with van der Waals surface area (Å²) in [4.78, 5) is 39.7. The summed E-state index contributed by atoms with van der Waals surface area (Å²) in [6, 6.07) is -0.486. The van der Waals surface area contributed by atoms with E-state index in [2.05, 4.69) is 15.3 Å². The number of aromatic amines is 1. The van der Waals surface area contributed by atoms with Crippen LogP contribution in [0.2, 0.25) is 0 Å². The van der Waals surface area contributed by atoms with E-state index in [0.29, 0.717) is 6.42 Å². The van der Waals surface area contributed by atoms with E-state index < -0.39 is 23.5 Å². The van der Waals surface area contributed by atoms with E-state index in [1.54, 1.807) is 0 Å². The van der Waals surface area contributed by atoms with Crippen LogP contribution >= 0.6 is 0 Å². The molecule has 3 N–H and O–H groups in total. The quantitative estimate of drug-likeness (QED) is 0.667. The number of nitrogens with zero attached hydrogens (tertiary/aromatic N) is 1. The van der Waals surface area contributed by atoms with Crippen LogP contribution in [0.15, 0.2) is 17.3 Å². The van der Waals surface area contributed by atoms with Gasteiger partial charge >= 0.3 is 5.97 Å². The number of hydrogen-bond acceptors (Lipinski definition) is 4. The molecule has 1 aromatic heterocycles. The lowest BCUT2D eigenvalue weighted by atomic mass is 10.1. The van der Waals surface area contributed by atoms with Crippen molar-refractivity contribution in [2.45, 2.75) is 32.2 Å². The van der Waals surface area contributed by atoms with E-state index in [-0.39, 0.29) is 12.0 Å². The number of aromatic nitrogens is 2. The summed E-state index contributed by atoms with van der Waals surface area (Å²) in [5.41, 5.74) is -0.669. The molecule has 0 aromatic carbocycles. The van der Waals surface area contributed by atoms with Gasteiger partial charge in [-0.2, -0.15) is 0 Å².